The molecule has 0 radical (unpaired) electrons. The van der Waals surface area contributed by atoms with Crippen molar-refractivity contribution in [2.24, 2.45) is 0 Å². The van der Waals surface area contributed by atoms with E-state index in [1.54, 1.807) is 42.5 Å². The van der Waals surface area contributed by atoms with Crippen LogP contribution in [0.5, 0.6) is 0 Å². The number of ether oxygens (including phenoxy) is 2. The number of nitrogens with one attached hydrogen (secondary N) is 2. The predicted molar refractivity (Wildman–Crippen MR) is 108 cm³/mol. The third kappa shape index (κ3) is 4.90. The summed E-state index contributed by atoms with van der Waals surface area (Å²) < 4.78 is 9.39. The van der Waals surface area contributed by atoms with Crippen LogP contribution in [0.15, 0.2) is 72.1 Å². The fourth-order valence-corrected chi connectivity index (χ4v) is 2.87. The Kier molecular flexibility index (Phi) is 6.09. The summed E-state index contributed by atoms with van der Waals surface area (Å²) in [6.07, 6.45) is 2.85. The van der Waals surface area contributed by atoms with E-state index in [-0.39, 0.29) is 12.2 Å². The molecule has 0 aliphatic carbocycles. The van der Waals surface area contributed by atoms with E-state index in [9.17, 15) is 14.4 Å². The molecule has 1 aliphatic heterocycles. The Morgan fingerprint density at radius 3 is 1.97 bits per heavy atom. The first-order chi connectivity index (χ1) is 14.0. The molecule has 2 N–H and O–H groups in total. The first kappa shape index (κ1) is 19.9. The van der Waals surface area contributed by atoms with Crippen molar-refractivity contribution in [1.29, 1.82) is 0 Å². The lowest BCUT2D eigenvalue weighted by atomic mass is 10.0. The van der Waals surface area contributed by atoms with E-state index < -0.39 is 11.9 Å². The van der Waals surface area contributed by atoms with E-state index in [0.29, 0.717) is 33.9 Å². The van der Waals surface area contributed by atoms with Gasteiger partial charge in [0.1, 0.15) is 0 Å². The zero-order valence-corrected chi connectivity index (χ0v) is 16.0. The van der Waals surface area contributed by atoms with Gasteiger partial charge in [-0.15, -0.1) is 0 Å². The molecule has 1 aliphatic rings. The van der Waals surface area contributed by atoms with Crippen LogP contribution in [-0.4, -0.2) is 31.9 Å². The zero-order chi connectivity index (χ0) is 20.8. The van der Waals surface area contributed by atoms with Gasteiger partial charge in [0.25, 0.3) is 0 Å². The lowest BCUT2D eigenvalue weighted by Gasteiger charge is -2.11. The molecule has 29 heavy (non-hydrogen) atoms. The first-order valence-electron chi connectivity index (χ1n) is 8.85. The summed E-state index contributed by atoms with van der Waals surface area (Å²) in [5.41, 5.74) is 3.34. The van der Waals surface area contributed by atoms with E-state index in [4.69, 9.17) is 4.74 Å². The average Bonchev–Trinajstić information content (AvgIpc) is 2.91. The molecule has 0 bridgehead atoms. The van der Waals surface area contributed by atoms with E-state index in [1.165, 1.54) is 26.4 Å². The van der Waals surface area contributed by atoms with Crippen molar-refractivity contribution < 1.29 is 23.9 Å². The molecule has 148 valence electrons. The highest BCUT2D eigenvalue weighted by Gasteiger charge is 2.18. The molecule has 0 unspecified atom stereocenters. The van der Waals surface area contributed by atoms with Gasteiger partial charge >= 0.3 is 11.9 Å². The molecule has 0 saturated heterocycles. The van der Waals surface area contributed by atoms with Crippen molar-refractivity contribution in [2.45, 2.75) is 6.42 Å². The predicted octanol–water partition coefficient (Wildman–Crippen LogP) is 3.26. The number of methoxy groups -OCH3 is 2. The number of ketones is 1. The van der Waals surface area contributed by atoms with E-state index >= 15 is 0 Å². The Morgan fingerprint density at radius 1 is 0.793 bits per heavy atom. The van der Waals surface area contributed by atoms with Crippen LogP contribution >= 0.6 is 0 Å². The monoisotopic (exact) mass is 392 g/mol. The minimum atomic E-state index is -0.537. The molecule has 0 amide bonds. The van der Waals surface area contributed by atoms with Crippen molar-refractivity contribution in [3.8, 4) is 0 Å². The Morgan fingerprint density at radius 2 is 1.38 bits per heavy atom. The molecule has 7 nitrogen and oxygen atoms in total. The largest absolute Gasteiger partial charge is 0.466 e. The Labute approximate surface area is 168 Å². The molecule has 7 heteroatoms. The van der Waals surface area contributed by atoms with Crippen LogP contribution in [0.1, 0.15) is 22.3 Å². The molecule has 2 aromatic rings. The molecule has 0 aromatic heterocycles. The second-order valence-corrected chi connectivity index (χ2v) is 6.27. The third-order valence-corrected chi connectivity index (χ3v) is 4.28. The number of anilines is 2. The van der Waals surface area contributed by atoms with Crippen molar-refractivity contribution in [1.82, 2.24) is 0 Å². The Balaban J connectivity index is 2.00. The summed E-state index contributed by atoms with van der Waals surface area (Å²) in [6, 6.07) is 14.1. The smallest absolute Gasteiger partial charge is 0.332 e. The van der Waals surface area contributed by atoms with Gasteiger partial charge in [0.15, 0.2) is 5.78 Å². The summed E-state index contributed by atoms with van der Waals surface area (Å²) in [6.45, 7) is 0. The van der Waals surface area contributed by atoms with Crippen molar-refractivity contribution >= 4 is 29.1 Å². The molecule has 1 heterocycles. The molecule has 0 spiro atoms. The third-order valence-electron chi connectivity index (χ3n) is 4.28. The zero-order valence-electron chi connectivity index (χ0n) is 16.0. The molecular formula is C22H20N2O5. The highest BCUT2D eigenvalue weighted by atomic mass is 16.5. The molecular weight excluding hydrogens is 372 g/mol. The summed E-state index contributed by atoms with van der Waals surface area (Å²) in [5.74, 6) is -1.18. The molecule has 0 fully saturated rings. The number of carbonyl (C=O) groups excluding carboxylic acids is 3. The van der Waals surface area contributed by atoms with Gasteiger partial charge in [-0.05, 0) is 18.2 Å². The van der Waals surface area contributed by atoms with Crippen molar-refractivity contribution in [3.05, 3.63) is 83.2 Å². The van der Waals surface area contributed by atoms with E-state index in [2.05, 4.69) is 15.4 Å². The molecule has 0 saturated carbocycles. The van der Waals surface area contributed by atoms with Gasteiger partial charge < -0.3 is 20.1 Å². The summed E-state index contributed by atoms with van der Waals surface area (Å²) in [7, 11) is 2.57. The highest BCUT2D eigenvalue weighted by molar-refractivity contribution is 6.10. The van der Waals surface area contributed by atoms with E-state index in [1.807, 2.05) is 6.07 Å². The van der Waals surface area contributed by atoms with Crippen LogP contribution in [0.3, 0.4) is 0 Å². The van der Waals surface area contributed by atoms with Gasteiger partial charge in [-0.25, -0.2) is 9.59 Å². The first-order valence-corrected chi connectivity index (χ1v) is 8.85. The highest BCUT2D eigenvalue weighted by Crippen LogP contribution is 2.32. The second-order valence-electron chi connectivity index (χ2n) is 6.27. The number of benzene rings is 2. The minimum absolute atomic E-state index is 0.122. The van der Waals surface area contributed by atoms with Gasteiger partial charge in [-0.3, -0.25) is 4.79 Å². The van der Waals surface area contributed by atoms with Gasteiger partial charge in [0, 0.05) is 41.1 Å². The Bertz CT molecular complexity index is 1010. The quantitative estimate of drug-likeness (QED) is 0.469. The topological polar surface area (TPSA) is 93.7 Å². The molecule has 0 atom stereocenters. The van der Waals surface area contributed by atoms with Crippen LogP contribution in [-0.2, 0) is 19.1 Å². The van der Waals surface area contributed by atoms with Gasteiger partial charge in [-0.1, -0.05) is 30.3 Å². The maximum Gasteiger partial charge on any atom is 0.332 e. The molecule has 3 rings (SSSR count). The number of esters is 2. The standard InChI is InChI=1S/C22H20N2O5/c1-28-20(25)12-16-11-17(13-21(26)29-2)24-19-10-15(8-9-18(19)23-16)22(27)14-6-4-3-5-7-14/h3-10,12-13,23-24H,11H2,1-2H3/b16-12-,17-13-. The van der Waals surface area contributed by atoms with Gasteiger partial charge in [-0.2, -0.15) is 0 Å². The number of fused-ring (bicyclic) bond motifs is 1. The normalized spacial score (nSPS) is 15.5. The SMILES string of the molecule is COC(=O)/C=C1/C/C(=C/C(=O)OC)Nc2cc(C(=O)c3ccccc3)ccc2N1. The minimum Gasteiger partial charge on any atom is -0.466 e. The average molecular weight is 392 g/mol. The summed E-state index contributed by atoms with van der Waals surface area (Å²) >= 11 is 0. The number of rotatable bonds is 4. The van der Waals surface area contributed by atoms with E-state index in [0.717, 1.165) is 0 Å². The van der Waals surface area contributed by atoms with Crippen molar-refractivity contribution in [2.75, 3.05) is 24.9 Å². The maximum absolute atomic E-state index is 12.8. The maximum atomic E-state index is 12.8. The fraction of sp³-hybridized carbons (Fsp3) is 0.136. The Hall–Kier alpha value is -3.87. The van der Waals surface area contributed by atoms with Crippen LogP contribution in [0.2, 0.25) is 0 Å². The summed E-state index contributed by atoms with van der Waals surface area (Å²) in [5, 5.41) is 6.29. The van der Waals surface area contributed by atoms with Crippen LogP contribution in [0, 0.1) is 0 Å². The van der Waals surface area contributed by atoms with Crippen LogP contribution in [0.25, 0.3) is 0 Å². The van der Waals surface area contributed by atoms with Crippen molar-refractivity contribution in [3.63, 3.8) is 0 Å². The number of hydrogen-bond donors (Lipinski definition) is 2. The van der Waals surface area contributed by atoms with Gasteiger partial charge in [0.05, 0.1) is 25.6 Å². The number of hydrogen-bond acceptors (Lipinski definition) is 7. The van der Waals surface area contributed by atoms with Crippen LogP contribution < -0.4 is 10.6 Å². The lowest BCUT2D eigenvalue weighted by molar-refractivity contribution is -0.135. The lowest BCUT2D eigenvalue weighted by Crippen LogP contribution is -2.06. The fourth-order valence-electron chi connectivity index (χ4n) is 2.87. The van der Waals surface area contributed by atoms with Gasteiger partial charge in [0.2, 0.25) is 0 Å². The number of carbonyl (C=O) groups is 3. The molecule has 2 aromatic carbocycles. The summed E-state index contributed by atoms with van der Waals surface area (Å²) in [4.78, 5) is 36.2. The van der Waals surface area contributed by atoms with Crippen LogP contribution in [0.4, 0.5) is 11.4 Å². The second kappa shape index (κ2) is 8.88.